The van der Waals surface area contributed by atoms with Gasteiger partial charge in [0.15, 0.2) is 5.75 Å². The highest BCUT2D eigenvalue weighted by Gasteiger charge is 2.36. The highest BCUT2D eigenvalue weighted by Crippen LogP contribution is 2.37. The first kappa shape index (κ1) is 22.7. The van der Waals surface area contributed by atoms with Crippen LogP contribution in [-0.2, 0) is 16.4 Å². The van der Waals surface area contributed by atoms with E-state index in [-0.39, 0.29) is 22.2 Å². The van der Waals surface area contributed by atoms with E-state index in [1.165, 1.54) is 46.8 Å². The topological polar surface area (TPSA) is 75.7 Å². The molecule has 0 radical (unpaired) electrons. The molecular formula is C23H19F3N2O4S. The number of nitrogens with one attached hydrogen (secondary N) is 1. The van der Waals surface area contributed by atoms with Gasteiger partial charge in [-0.2, -0.15) is 0 Å². The molecule has 1 N–H and O–H groups in total. The van der Waals surface area contributed by atoms with Gasteiger partial charge in [-0.3, -0.25) is 9.10 Å². The van der Waals surface area contributed by atoms with Crippen LogP contribution in [0, 0.1) is 0 Å². The molecule has 6 nitrogen and oxygen atoms in total. The number of nitrogens with zero attached hydrogens (tertiary/aromatic N) is 1. The van der Waals surface area contributed by atoms with E-state index in [4.69, 9.17) is 0 Å². The summed E-state index contributed by atoms with van der Waals surface area (Å²) in [4.78, 5) is 12.6. The monoisotopic (exact) mass is 476 g/mol. The van der Waals surface area contributed by atoms with Crippen LogP contribution in [0.5, 0.6) is 5.75 Å². The van der Waals surface area contributed by atoms with E-state index >= 15 is 0 Å². The number of alkyl halides is 3. The number of hydrogen-bond donors (Lipinski definition) is 1. The van der Waals surface area contributed by atoms with E-state index in [9.17, 15) is 26.4 Å². The van der Waals surface area contributed by atoms with Crippen molar-refractivity contribution >= 4 is 27.3 Å². The highest BCUT2D eigenvalue weighted by molar-refractivity contribution is 7.92. The van der Waals surface area contributed by atoms with Gasteiger partial charge in [0.25, 0.3) is 15.9 Å². The molecule has 0 bridgehead atoms. The number of carbonyl (C=O) groups is 1. The Hall–Kier alpha value is -3.53. The smallest absolute Gasteiger partial charge is 0.404 e. The predicted molar refractivity (Wildman–Crippen MR) is 117 cm³/mol. The second-order valence-corrected chi connectivity index (χ2v) is 9.32. The fourth-order valence-corrected chi connectivity index (χ4v) is 5.53. The minimum atomic E-state index is -4.93. The molecule has 1 amide bonds. The molecule has 1 heterocycles. The van der Waals surface area contributed by atoms with Crippen LogP contribution < -0.4 is 14.4 Å². The molecule has 172 valence electrons. The van der Waals surface area contributed by atoms with Crippen molar-refractivity contribution in [3.8, 4) is 5.75 Å². The Bertz CT molecular complexity index is 1310. The number of fused-ring (bicyclic) bond motifs is 1. The lowest BCUT2D eigenvalue weighted by atomic mass is 10.1. The molecule has 1 aliphatic heterocycles. The van der Waals surface area contributed by atoms with Crippen LogP contribution in [0.1, 0.15) is 22.8 Å². The van der Waals surface area contributed by atoms with Crippen molar-refractivity contribution in [2.45, 2.75) is 30.6 Å². The Labute approximate surface area is 188 Å². The van der Waals surface area contributed by atoms with Crippen molar-refractivity contribution in [1.29, 1.82) is 0 Å². The van der Waals surface area contributed by atoms with Gasteiger partial charge in [-0.1, -0.05) is 36.4 Å². The number of para-hydroxylation sites is 3. The molecule has 0 aliphatic carbocycles. The van der Waals surface area contributed by atoms with Gasteiger partial charge < -0.3 is 10.1 Å². The first-order valence-electron chi connectivity index (χ1n) is 9.95. The van der Waals surface area contributed by atoms with Crippen LogP contribution in [0.4, 0.5) is 24.5 Å². The molecule has 0 saturated carbocycles. The van der Waals surface area contributed by atoms with Gasteiger partial charge in [0.1, 0.15) is 0 Å². The zero-order chi connectivity index (χ0) is 23.8. The first-order chi connectivity index (χ1) is 15.6. The summed E-state index contributed by atoms with van der Waals surface area (Å²) in [5, 5.41) is 2.35. The lowest BCUT2D eigenvalue weighted by Crippen LogP contribution is -2.35. The lowest BCUT2D eigenvalue weighted by Gasteiger charge is -2.24. The Kier molecular flexibility index (Phi) is 5.79. The second-order valence-electron chi connectivity index (χ2n) is 7.51. The third-order valence-electron chi connectivity index (χ3n) is 5.16. The van der Waals surface area contributed by atoms with E-state index < -0.39 is 28.0 Å². The Morgan fingerprint density at radius 1 is 1.03 bits per heavy atom. The number of halogens is 3. The summed E-state index contributed by atoms with van der Waals surface area (Å²) in [6.07, 6.45) is -4.37. The van der Waals surface area contributed by atoms with Crippen LogP contribution in [0.2, 0.25) is 0 Å². The summed E-state index contributed by atoms with van der Waals surface area (Å²) in [6, 6.07) is 17.3. The molecule has 1 aliphatic rings. The quantitative estimate of drug-likeness (QED) is 0.564. The van der Waals surface area contributed by atoms with Gasteiger partial charge in [0, 0.05) is 11.6 Å². The lowest BCUT2D eigenvalue weighted by molar-refractivity contribution is -0.274. The van der Waals surface area contributed by atoms with Crippen molar-refractivity contribution < 1.29 is 31.1 Å². The summed E-state index contributed by atoms with van der Waals surface area (Å²) >= 11 is 0. The zero-order valence-corrected chi connectivity index (χ0v) is 18.2. The molecule has 0 saturated heterocycles. The van der Waals surface area contributed by atoms with Crippen LogP contribution >= 0.6 is 0 Å². The summed E-state index contributed by atoms with van der Waals surface area (Å²) in [5.41, 5.74) is 1.26. The van der Waals surface area contributed by atoms with E-state index in [1.807, 2.05) is 12.1 Å². The number of anilines is 2. The number of hydrogen-bond acceptors (Lipinski definition) is 4. The number of amides is 1. The minimum absolute atomic E-state index is 0.0296. The second kappa shape index (κ2) is 8.43. The van der Waals surface area contributed by atoms with E-state index in [1.54, 1.807) is 19.1 Å². The fraction of sp³-hybridized carbons (Fsp3) is 0.174. The van der Waals surface area contributed by atoms with Crippen LogP contribution in [0.25, 0.3) is 0 Å². The molecule has 0 fully saturated rings. The number of sulfonamides is 1. The highest BCUT2D eigenvalue weighted by atomic mass is 32.2. The number of benzene rings is 3. The molecule has 0 aromatic heterocycles. The number of carbonyl (C=O) groups excluding carboxylic acids is 1. The molecule has 1 unspecified atom stereocenters. The van der Waals surface area contributed by atoms with Crippen LogP contribution in [-0.4, -0.2) is 26.7 Å². The number of rotatable bonds is 5. The fourth-order valence-electron chi connectivity index (χ4n) is 3.79. The van der Waals surface area contributed by atoms with Gasteiger partial charge in [-0.25, -0.2) is 8.42 Å². The van der Waals surface area contributed by atoms with Crippen molar-refractivity contribution in [1.82, 2.24) is 0 Å². The normalized spacial score (nSPS) is 15.8. The summed E-state index contributed by atoms with van der Waals surface area (Å²) in [6.45, 7) is 1.80. The largest absolute Gasteiger partial charge is 0.573 e. The summed E-state index contributed by atoms with van der Waals surface area (Å²) in [5.74, 6) is -1.36. The zero-order valence-electron chi connectivity index (χ0n) is 17.3. The molecule has 4 rings (SSSR count). The molecule has 10 heteroatoms. The molecule has 3 aromatic rings. The van der Waals surface area contributed by atoms with Crippen LogP contribution in [0.3, 0.4) is 0 Å². The Morgan fingerprint density at radius 2 is 1.73 bits per heavy atom. The molecule has 33 heavy (non-hydrogen) atoms. The summed E-state index contributed by atoms with van der Waals surface area (Å²) in [7, 11) is -3.98. The van der Waals surface area contributed by atoms with Crippen molar-refractivity contribution in [2.75, 3.05) is 9.62 Å². The Balaban J connectivity index is 1.62. The first-order valence-corrected chi connectivity index (χ1v) is 11.4. The van der Waals surface area contributed by atoms with Crippen molar-refractivity contribution in [3.63, 3.8) is 0 Å². The Morgan fingerprint density at radius 3 is 2.48 bits per heavy atom. The maximum atomic E-state index is 13.4. The van der Waals surface area contributed by atoms with Gasteiger partial charge in [0.2, 0.25) is 0 Å². The SMILES string of the molecule is CC1Cc2ccccc2N1S(=O)(=O)c1cccc(C(=O)Nc2ccccc2OC(F)(F)F)c1. The minimum Gasteiger partial charge on any atom is -0.404 e. The van der Waals surface area contributed by atoms with Gasteiger partial charge in [0.05, 0.1) is 16.3 Å². The van der Waals surface area contributed by atoms with Gasteiger partial charge in [-0.05, 0) is 55.3 Å². The van der Waals surface area contributed by atoms with Gasteiger partial charge >= 0.3 is 6.36 Å². The van der Waals surface area contributed by atoms with E-state index in [0.717, 1.165) is 11.6 Å². The predicted octanol–water partition coefficient (Wildman–Crippen LogP) is 4.98. The third kappa shape index (κ3) is 4.65. The molecule has 1 atom stereocenters. The molecule has 0 spiro atoms. The maximum Gasteiger partial charge on any atom is 0.573 e. The van der Waals surface area contributed by atoms with Crippen molar-refractivity contribution in [2.24, 2.45) is 0 Å². The van der Waals surface area contributed by atoms with E-state index in [0.29, 0.717) is 12.1 Å². The van der Waals surface area contributed by atoms with Crippen LogP contribution in [0.15, 0.2) is 77.7 Å². The maximum absolute atomic E-state index is 13.4. The standard InChI is InChI=1S/C23H19F3N2O4S/c1-15-13-16-7-2-4-11-20(16)28(15)33(30,31)18-9-6-8-17(14-18)22(29)27-19-10-3-5-12-21(19)32-23(24,25)26/h2-12,14-15H,13H2,1H3,(H,27,29). The van der Waals surface area contributed by atoms with Crippen molar-refractivity contribution in [3.05, 3.63) is 83.9 Å². The van der Waals surface area contributed by atoms with Gasteiger partial charge in [-0.15, -0.1) is 13.2 Å². The molecule has 3 aromatic carbocycles. The average molecular weight is 476 g/mol. The summed E-state index contributed by atoms with van der Waals surface area (Å²) < 4.78 is 70.0. The average Bonchev–Trinajstić information content (AvgIpc) is 3.10. The number of ether oxygens (including phenoxy) is 1. The molecular weight excluding hydrogens is 457 g/mol. The third-order valence-corrected chi connectivity index (χ3v) is 7.08. The van der Waals surface area contributed by atoms with E-state index in [2.05, 4.69) is 10.1 Å².